The molecule has 5 heteroatoms. The largest absolute Gasteiger partial charge is 0.492 e. The van der Waals surface area contributed by atoms with Crippen LogP contribution in [0.15, 0.2) is 40.8 Å². The summed E-state index contributed by atoms with van der Waals surface area (Å²) < 4.78 is 15.7. The number of likely N-dealkylation sites (N-methyl/N-ethyl adjacent to an activating group) is 1. The summed E-state index contributed by atoms with van der Waals surface area (Å²) >= 11 is 0. The quantitative estimate of drug-likeness (QED) is 0.736. The number of nitrogens with zero attached hydrogens (tertiary/aromatic N) is 1. The first kappa shape index (κ1) is 16.1. The van der Waals surface area contributed by atoms with Gasteiger partial charge in [-0.25, -0.2) is 4.79 Å². The Labute approximate surface area is 130 Å². The zero-order valence-corrected chi connectivity index (χ0v) is 13.2. The summed E-state index contributed by atoms with van der Waals surface area (Å²) in [5.41, 5.74) is 1.21. The molecule has 118 valence electrons. The lowest BCUT2D eigenvalue weighted by atomic mass is 10.2. The van der Waals surface area contributed by atoms with E-state index in [1.807, 2.05) is 38.2 Å². The zero-order valence-electron chi connectivity index (χ0n) is 13.2. The van der Waals surface area contributed by atoms with Crippen molar-refractivity contribution in [3.8, 4) is 5.75 Å². The second-order valence-electron chi connectivity index (χ2n) is 5.16. The van der Waals surface area contributed by atoms with E-state index in [1.54, 1.807) is 12.1 Å². The van der Waals surface area contributed by atoms with E-state index in [1.165, 1.54) is 12.7 Å². The Hall–Kier alpha value is -2.27. The molecule has 2 aromatic rings. The number of hydrogen-bond donors (Lipinski definition) is 0. The first-order valence-corrected chi connectivity index (χ1v) is 7.13. The Balaban J connectivity index is 1.75. The van der Waals surface area contributed by atoms with Crippen molar-refractivity contribution in [2.24, 2.45) is 0 Å². The molecule has 0 aliphatic heterocycles. The number of aryl methyl sites for hydroxylation is 1. The molecule has 0 atom stereocenters. The van der Waals surface area contributed by atoms with Gasteiger partial charge in [-0.1, -0.05) is 17.7 Å². The maximum atomic E-state index is 11.3. The number of esters is 1. The van der Waals surface area contributed by atoms with Gasteiger partial charge in [0.1, 0.15) is 18.1 Å². The predicted octanol–water partition coefficient (Wildman–Crippen LogP) is 2.89. The van der Waals surface area contributed by atoms with E-state index in [0.29, 0.717) is 13.2 Å². The summed E-state index contributed by atoms with van der Waals surface area (Å²) in [5, 5.41) is 0. The van der Waals surface area contributed by atoms with E-state index in [-0.39, 0.29) is 5.76 Å². The highest BCUT2D eigenvalue weighted by molar-refractivity contribution is 5.86. The molecule has 22 heavy (non-hydrogen) atoms. The standard InChI is InChI=1S/C17H21NO4/c1-13-4-6-14(7-5-13)21-11-10-18(2)12-15-8-9-16(22-15)17(19)20-3/h4-9H,10-12H2,1-3H3. The van der Waals surface area contributed by atoms with Crippen LogP contribution in [0.5, 0.6) is 5.75 Å². The topological polar surface area (TPSA) is 51.9 Å². The smallest absolute Gasteiger partial charge is 0.373 e. The second kappa shape index (κ2) is 7.66. The fourth-order valence-electron chi connectivity index (χ4n) is 1.97. The number of carbonyl (C=O) groups is 1. The first-order chi connectivity index (χ1) is 10.6. The van der Waals surface area contributed by atoms with Gasteiger partial charge in [0.05, 0.1) is 13.7 Å². The monoisotopic (exact) mass is 303 g/mol. The van der Waals surface area contributed by atoms with Gasteiger partial charge in [0, 0.05) is 6.54 Å². The van der Waals surface area contributed by atoms with Gasteiger partial charge in [0.25, 0.3) is 0 Å². The lowest BCUT2D eigenvalue weighted by Gasteiger charge is -2.15. The van der Waals surface area contributed by atoms with E-state index in [9.17, 15) is 4.79 Å². The molecular formula is C17H21NO4. The van der Waals surface area contributed by atoms with Gasteiger partial charge < -0.3 is 13.9 Å². The molecule has 0 aliphatic carbocycles. The lowest BCUT2D eigenvalue weighted by Crippen LogP contribution is -2.23. The molecule has 0 unspecified atom stereocenters. The van der Waals surface area contributed by atoms with Crippen LogP contribution in [0.25, 0.3) is 0 Å². The van der Waals surface area contributed by atoms with Crippen LogP contribution in [0.1, 0.15) is 21.9 Å². The molecule has 1 heterocycles. The van der Waals surface area contributed by atoms with Gasteiger partial charge >= 0.3 is 5.97 Å². The van der Waals surface area contributed by atoms with Crippen molar-refractivity contribution in [1.29, 1.82) is 0 Å². The van der Waals surface area contributed by atoms with Crippen molar-refractivity contribution in [2.75, 3.05) is 27.3 Å². The van der Waals surface area contributed by atoms with Crippen LogP contribution in [0.2, 0.25) is 0 Å². The summed E-state index contributed by atoms with van der Waals surface area (Å²) in [4.78, 5) is 13.4. The Morgan fingerprint density at radius 3 is 2.59 bits per heavy atom. The molecule has 0 radical (unpaired) electrons. The number of methoxy groups -OCH3 is 1. The fraction of sp³-hybridized carbons (Fsp3) is 0.353. The Kier molecular flexibility index (Phi) is 5.61. The molecule has 5 nitrogen and oxygen atoms in total. The van der Waals surface area contributed by atoms with Crippen LogP contribution in [-0.4, -0.2) is 38.2 Å². The van der Waals surface area contributed by atoms with E-state index in [2.05, 4.69) is 9.64 Å². The highest BCUT2D eigenvalue weighted by Gasteiger charge is 2.12. The van der Waals surface area contributed by atoms with E-state index in [4.69, 9.17) is 9.15 Å². The molecule has 0 fully saturated rings. The molecule has 0 bridgehead atoms. The molecule has 0 spiro atoms. The normalized spacial score (nSPS) is 10.7. The Bertz CT molecular complexity index is 603. The minimum atomic E-state index is -0.461. The second-order valence-corrected chi connectivity index (χ2v) is 5.16. The molecule has 1 aromatic heterocycles. The van der Waals surface area contributed by atoms with Crippen LogP contribution in [-0.2, 0) is 11.3 Å². The highest BCUT2D eigenvalue weighted by atomic mass is 16.5. The summed E-state index contributed by atoms with van der Waals surface area (Å²) in [6.45, 7) is 3.99. The molecule has 2 rings (SSSR count). The number of furan rings is 1. The van der Waals surface area contributed by atoms with Crippen molar-refractivity contribution in [3.63, 3.8) is 0 Å². The van der Waals surface area contributed by atoms with Crippen molar-refractivity contribution in [3.05, 3.63) is 53.5 Å². The first-order valence-electron chi connectivity index (χ1n) is 7.13. The minimum Gasteiger partial charge on any atom is -0.492 e. The van der Waals surface area contributed by atoms with Crippen LogP contribution in [0.4, 0.5) is 0 Å². The van der Waals surface area contributed by atoms with E-state index >= 15 is 0 Å². The number of hydrogen-bond acceptors (Lipinski definition) is 5. The third kappa shape index (κ3) is 4.63. The van der Waals surface area contributed by atoms with Gasteiger partial charge in [0.2, 0.25) is 5.76 Å². The van der Waals surface area contributed by atoms with Crippen LogP contribution in [0, 0.1) is 6.92 Å². The maximum absolute atomic E-state index is 11.3. The lowest BCUT2D eigenvalue weighted by molar-refractivity contribution is 0.0561. The van der Waals surface area contributed by atoms with Crippen LogP contribution >= 0.6 is 0 Å². The highest BCUT2D eigenvalue weighted by Crippen LogP contribution is 2.12. The van der Waals surface area contributed by atoms with Gasteiger partial charge in [-0.2, -0.15) is 0 Å². The number of carbonyl (C=O) groups excluding carboxylic acids is 1. The zero-order chi connectivity index (χ0) is 15.9. The van der Waals surface area contributed by atoms with Gasteiger partial charge in [-0.05, 0) is 38.2 Å². The molecule has 1 aromatic carbocycles. The number of rotatable bonds is 7. The molecular weight excluding hydrogens is 282 g/mol. The van der Waals surface area contributed by atoms with Gasteiger partial charge in [-0.15, -0.1) is 0 Å². The van der Waals surface area contributed by atoms with Crippen molar-refractivity contribution < 1.29 is 18.7 Å². The molecule has 0 aliphatic rings. The third-order valence-electron chi connectivity index (χ3n) is 3.24. The van der Waals surface area contributed by atoms with Crippen LogP contribution < -0.4 is 4.74 Å². The molecule has 0 amide bonds. The van der Waals surface area contributed by atoms with E-state index < -0.39 is 5.97 Å². The summed E-state index contributed by atoms with van der Waals surface area (Å²) in [6, 6.07) is 11.4. The SMILES string of the molecule is COC(=O)c1ccc(CN(C)CCOc2ccc(C)cc2)o1. The Morgan fingerprint density at radius 2 is 1.91 bits per heavy atom. The fourth-order valence-corrected chi connectivity index (χ4v) is 1.97. The van der Waals surface area contributed by atoms with Crippen molar-refractivity contribution in [2.45, 2.75) is 13.5 Å². The minimum absolute atomic E-state index is 0.224. The van der Waals surface area contributed by atoms with Crippen molar-refractivity contribution in [1.82, 2.24) is 4.90 Å². The predicted molar refractivity (Wildman–Crippen MR) is 83.1 cm³/mol. The number of benzene rings is 1. The molecule has 0 saturated carbocycles. The van der Waals surface area contributed by atoms with Crippen LogP contribution in [0.3, 0.4) is 0 Å². The summed E-state index contributed by atoms with van der Waals surface area (Å²) in [5.74, 6) is 1.35. The van der Waals surface area contributed by atoms with E-state index in [0.717, 1.165) is 18.1 Å². The van der Waals surface area contributed by atoms with Crippen molar-refractivity contribution >= 4 is 5.97 Å². The average molecular weight is 303 g/mol. The molecule has 0 saturated heterocycles. The Morgan fingerprint density at radius 1 is 1.18 bits per heavy atom. The average Bonchev–Trinajstić information content (AvgIpc) is 2.97. The van der Waals surface area contributed by atoms with Gasteiger partial charge in [-0.3, -0.25) is 4.90 Å². The maximum Gasteiger partial charge on any atom is 0.373 e. The third-order valence-corrected chi connectivity index (χ3v) is 3.24. The van der Waals surface area contributed by atoms with Gasteiger partial charge in [0.15, 0.2) is 0 Å². The summed E-state index contributed by atoms with van der Waals surface area (Å²) in [7, 11) is 3.30. The molecule has 0 N–H and O–H groups in total. The summed E-state index contributed by atoms with van der Waals surface area (Å²) in [6.07, 6.45) is 0. The number of ether oxygens (including phenoxy) is 2.